The monoisotopic (exact) mass is 285 g/mol. The highest BCUT2D eigenvalue weighted by Crippen LogP contribution is 2.24. The van der Waals surface area contributed by atoms with Crippen molar-refractivity contribution in [3.63, 3.8) is 0 Å². The number of aryl methyl sites for hydroxylation is 1. The van der Waals surface area contributed by atoms with E-state index in [1.807, 2.05) is 12.1 Å². The number of fused-ring (bicyclic) bond motifs is 1. The first kappa shape index (κ1) is 13.7. The van der Waals surface area contributed by atoms with Gasteiger partial charge in [0.1, 0.15) is 0 Å². The summed E-state index contributed by atoms with van der Waals surface area (Å²) in [4.78, 5) is 0. The Morgan fingerprint density at radius 2 is 1.75 bits per heavy atom. The molecule has 0 saturated heterocycles. The van der Waals surface area contributed by atoms with Gasteiger partial charge in [-0.1, -0.05) is 48.0 Å². The lowest BCUT2D eigenvalue weighted by Gasteiger charge is -2.28. The van der Waals surface area contributed by atoms with E-state index in [0.29, 0.717) is 12.1 Å². The van der Waals surface area contributed by atoms with Gasteiger partial charge in [-0.3, -0.25) is 0 Å². The van der Waals surface area contributed by atoms with Crippen LogP contribution in [0, 0.1) is 0 Å². The molecule has 3 rings (SSSR count). The van der Waals surface area contributed by atoms with E-state index >= 15 is 0 Å². The largest absolute Gasteiger partial charge is 0.307 e. The third-order valence-electron chi connectivity index (χ3n) is 4.20. The van der Waals surface area contributed by atoms with Gasteiger partial charge >= 0.3 is 0 Å². The summed E-state index contributed by atoms with van der Waals surface area (Å²) >= 11 is 5.94. The van der Waals surface area contributed by atoms with E-state index in [-0.39, 0.29) is 0 Å². The molecule has 104 valence electrons. The maximum absolute atomic E-state index is 5.94. The van der Waals surface area contributed by atoms with Crippen molar-refractivity contribution in [1.29, 1.82) is 0 Å². The molecule has 0 saturated carbocycles. The van der Waals surface area contributed by atoms with Crippen LogP contribution in [0.3, 0.4) is 0 Å². The highest BCUT2D eigenvalue weighted by Gasteiger charge is 2.19. The molecule has 0 bridgehead atoms. The second kappa shape index (κ2) is 5.99. The Kier molecular flexibility index (Phi) is 4.09. The molecule has 0 radical (unpaired) electrons. The van der Waals surface area contributed by atoms with Crippen molar-refractivity contribution < 1.29 is 0 Å². The summed E-state index contributed by atoms with van der Waals surface area (Å²) in [6, 6.07) is 17.9. The van der Waals surface area contributed by atoms with Crippen LogP contribution in [0.4, 0.5) is 0 Å². The maximum Gasteiger partial charge on any atom is 0.0406 e. The lowest BCUT2D eigenvalue weighted by molar-refractivity contribution is 0.414. The molecule has 2 unspecified atom stereocenters. The minimum atomic E-state index is 0.363. The quantitative estimate of drug-likeness (QED) is 0.872. The molecule has 1 aliphatic rings. The minimum Gasteiger partial charge on any atom is -0.307 e. The van der Waals surface area contributed by atoms with E-state index in [9.17, 15) is 0 Å². The van der Waals surface area contributed by atoms with Gasteiger partial charge in [0.05, 0.1) is 0 Å². The van der Waals surface area contributed by atoms with Gasteiger partial charge in [0.25, 0.3) is 0 Å². The maximum atomic E-state index is 5.94. The molecule has 0 amide bonds. The minimum absolute atomic E-state index is 0.363. The van der Waals surface area contributed by atoms with Crippen LogP contribution in [0.25, 0.3) is 0 Å². The van der Waals surface area contributed by atoms with Gasteiger partial charge in [-0.2, -0.15) is 0 Å². The Bertz CT molecular complexity index is 576. The van der Waals surface area contributed by atoms with E-state index in [4.69, 9.17) is 11.6 Å². The molecule has 0 aliphatic heterocycles. The predicted molar refractivity (Wildman–Crippen MR) is 85.3 cm³/mol. The average Bonchev–Trinajstić information content (AvgIpc) is 2.48. The Balaban J connectivity index is 1.66. The van der Waals surface area contributed by atoms with Crippen molar-refractivity contribution in [2.45, 2.75) is 38.3 Å². The molecule has 2 heteroatoms. The Labute approximate surface area is 126 Å². The van der Waals surface area contributed by atoms with Crippen molar-refractivity contribution in [3.8, 4) is 0 Å². The van der Waals surface area contributed by atoms with Crippen LogP contribution in [0.1, 0.15) is 36.1 Å². The fourth-order valence-electron chi connectivity index (χ4n) is 3.04. The molecule has 2 aromatic carbocycles. The standard InChI is InChI=1S/C18H20ClN/c1-13(14-6-9-17(19)10-7-14)20-18-11-8-15-4-2-3-5-16(15)12-18/h2-7,9-10,13,18,20H,8,11-12H2,1H3. The summed E-state index contributed by atoms with van der Waals surface area (Å²) in [6.07, 6.45) is 3.53. The number of nitrogens with one attached hydrogen (secondary N) is 1. The van der Waals surface area contributed by atoms with E-state index < -0.39 is 0 Å². The van der Waals surface area contributed by atoms with Gasteiger partial charge in [0.2, 0.25) is 0 Å². The highest BCUT2D eigenvalue weighted by molar-refractivity contribution is 6.30. The summed E-state index contributed by atoms with van der Waals surface area (Å²) in [7, 11) is 0. The molecular formula is C18H20ClN. The number of hydrogen-bond acceptors (Lipinski definition) is 1. The summed E-state index contributed by atoms with van der Waals surface area (Å²) in [5.41, 5.74) is 4.32. The lowest BCUT2D eigenvalue weighted by Crippen LogP contribution is -2.36. The average molecular weight is 286 g/mol. The second-order valence-corrected chi connectivity index (χ2v) is 6.08. The van der Waals surface area contributed by atoms with Crippen LogP contribution < -0.4 is 5.32 Å². The smallest absolute Gasteiger partial charge is 0.0406 e. The van der Waals surface area contributed by atoms with Crippen LogP contribution in [-0.4, -0.2) is 6.04 Å². The second-order valence-electron chi connectivity index (χ2n) is 5.65. The van der Waals surface area contributed by atoms with E-state index in [1.165, 1.54) is 29.5 Å². The fraction of sp³-hybridized carbons (Fsp3) is 0.333. The first-order valence-corrected chi connectivity index (χ1v) is 7.68. The first-order valence-electron chi connectivity index (χ1n) is 7.30. The lowest BCUT2D eigenvalue weighted by atomic mass is 9.88. The Morgan fingerprint density at radius 3 is 2.50 bits per heavy atom. The topological polar surface area (TPSA) is 12.0 Å². The number of hydrogen-bond donors (Lipinski definition) is 1. The van der Waals surface area contributed by atoms with Crippen molar-refractivity contribution in [3.05, 3.63) is 70.2 Å². The Morgan fingerprint density at radius 1 is 1.05 bits per heavy atom. The highest BCUT2D eigenvalue weighted by atomic mass is 35.5. The number of benzene rings is 2. The fourth-order valence-corrected chi connectivity index (χ4v) is 3.17. The van der Waals surface area contributed by atoms with Gasteiger partial charge < -0.3 is 5.32 Å². The zero-order chi connectivity index (χ0) is 13.9. The summed E-state index contributed by atoms with van der Waals surface area (Å²) < 4.78 is 0. The third-order valence-corrected chi connectivity index (χ3v) is 4.45. The molecule has 0 heterocycles. The van der Waals surface area contributed by atoms with Gasteiger partial charge in [0, 0.05) is 17.1 Å². The summed E-state index contributed by atoms with van der Waals surface area (Å²) in [5, 5.41) is 4.55. The summed E-state index contributed by atoms with van der Waals surface area (Å²) in [5.74, 6) is 0. The van der Waals surface area contributed by atoms with Crippen molar-refractivity contribution in [1.82, 2.24) is 5.32 Å². The number of rotatable bonds is 3. The SMILES string of the molecule is CC(NC1CCc2ccccc2C1)c1ccc(Cl)cc1. The first-order chi connectivity index (χ1) is 9.72. The normalized spacial score (nSPS) is 19.4. The van der Waals surface area contributed by atoms with E-state index in [0.717, 1.165) is 11.4 Å². The predicted octanol–water partition coefficient (Wildman–Crippen LogP) is 4.55. The van der Waals surface area contributed by atoms with Crippen molar-refractivity contribution in [2.75, 3.05) is 0 Å². The molecule has 1 aliphatic carbocycles. The summed E-state index contributed by atoms with van der Waals surface area (Å²) in [6.45, 7) is 2.23. The van der Waals surface area contributed by atoms with Crippen LogP contribution in [-0.2, 0) is 12.8 Å². The van der Waals surface area contributed by atoms with Crippen molar-refractivity contribution >= 4 is 11.6 Å². The molecule has 1 N–H and O–H groups in total. The van der Waals surface area contributed by atoms with Gasteiger partial charge in [-0.25, -0.2) is 0 Å². The molecule has 20 heavy (non-hydrogen) atoms. The van der Waals surface area contributed by atoms with Gasteiger partial charge in [-0.05, 0) is 55.0 Å². The molecular weight excluding hydrogens is 266 g/mol. The number of halogens is 1. The van der Waals surface area contributed by atoms with Crippen LogP contribution >= 0.6 is 11.6 Å². The molecule has 2 atom stereocenters. The molecule has 0 fully saturated rings. The van der Waals surface area contributed by atoms with Crippen molar-refractivity contribution in [2.24, 2.45) is 0 Å². The van der Waals surface area contributed by atoms with E-state index in [2.05, 4.69) is 48.6 Å². The molecule has 0 aromatic heterocycles. The molecule has 2 aromatic rings. The third kappa shape index (κ3) is 3.05. The van der Waals surface area contributed by atoms with Crippen LogP contribution in [0.5, 0.6) is 0 Å². The molecule has 0 spiro atoms. The molecule has 1 nitrogen and oxygen atoms in total. The van der Waals surface area contributed by atoms with Crippen LogP contribution in [0.2, 0.25) is 5.02 Å². The Hall–Kier alpha value is -1.31. The van der Waals surface area contributed by atoms with Gasteiger partial charge in [-0.15, -0.1) is 0 Å². The van der Waals surface area contributed by atoms with Crippen LogP contribution in [0.15, 0.2) is 48.5 Å². The zero-order valence-corrected chi connectivity index (χ0v) is 12.5. The van der Waals surface area contributed by atoms with E-state index in [1.54, 1.807) is 0 Å². The zero-order valence-electron chi connectivity index (χ0n) is 11.8. The van der Waals surface area contributed by atoms with Gasteiger partial charge in [0.15, 0.2) is 0 Å².